The Morgan fingerprint density at radius 3 is 2.44 bits per heavy atom. The second kappa shape index (κ2) is 8.86. The lowest BCUT2D eigenvalue weighted by molar-refractivity contribution is 0.102. The third-order valence-corrected chi connectivity index (χ3v) is 7.48. The van der Waals surface area contributed by atoms with Gasteiger partial charge in [0, 0.05) is 21.3 Å². The molecule has 5 aromatic rings. The smallest absolute Gasteiger partial charge is 0.196 e. The maximum absolute atomic E-state index is 13.2. The van der Waals surface area contributed by atoms with Crippen molar-refractivity contribution < 1.29 is 9.18 Å². The largest absolute Gasteiger partial charge is 0.293 e. The minimum Gasteiger partial charge on any atom is -0.293 e. The van der Waals surface area contributed by atoms with Gasteiger partial charge in [-0.1, -0.05) is 59.8 Å². The summed E-state index contributed by atoms with van der Waals surface area (Å²) in [6.45, 7) is 0. The third-order valence-electron chi connectivity index (χ3n) is 4.88. The highest BCUT2D eigenvalue weighted by molar-refractivity contribution is 7.99. The summed E-state index contributed by atoms with van der Waals surface area (Å²) in [5.74, 6) is 0.289. The molecular weight excluding hydrogens is 465 g/mol. The van der Waals surface area contributed by atoms with Crippen molar-refractivity contribution in [1.29, 1.82) is 0 Å². The van der Waals surface area contributed by atoms with Crippen molar-refractivity contribution in [1.82, 2.24) is 14.8 Å². The number of halogens is 2. The molecule has 2 aromatic heterocycles. The minimum atomic E-state index is -0.372. The second-order valence-corrected chi connectivity index (χ2v) is 9.31. The molecule has 0 saturated heterocycles. The molecule has 0 amide bonds. The normalized spacial score (nSPS) is 11.2. The Bertz CT molecular complexity index is 1410. The molecule has 0 aliphatic carbocycles. The number of Topliss-reactive ketones (excluding diaryl/α,β-unsaturated/α-hetero) is 1. The first-order valence-electron chi connectivity index (χ1n) is 9.71. The zero-order valence-electron chi connectivity index (χ0n) is 16.5. The van der Waals surface area contributed by atoms with Gasteiger partial charge in [-0.3, -0.25) is 9.36 Å². The first kappa shape index (κ1) is 20.9. The zero-order valence-corrected chi connectivity index (χ0v) is 18.9. The van der Waals surface area contributed by atoms with E-state index in [0.717, 1.165) is 20.7 Å². The van der Waals surface area contributed by atoms with E-state index >= 15 is 0 Å². The van der Waals surface area contributed by atoms with Gasteiger partial charge >= 0.3 is 0 Å². The molecule has 0 aliphatic heterocycles. The van der Waals surface area contributed by atoms with E-state index < -0.39 is 0 Å². The lowest BCUT2D eigenvalue weighted by Gasteiger charge is -2.09. The summed E-state index contributed by atoms with van der Waals surface area (Å²) in [7, 11) is 0. The Hall–Kier alpha value is -3.00. The van der Waals surface area contributed by atoms with Gasteiger partial charge in [-0.05, 0) is 42.5 Å². The van der Waals surface area contributed by atoms with Crippen LogP contribution in [0.25, 0.3) is 26.5 Å². The number of thiophene rings is 1. The van der Waals surface area contributed by atoms with E-state index in [-0.39, 0.29) is 17.4 Å². The molecule has 0 fully saturated rings. The van der Waals surface area contributed by atoms with Crippen LogP contribution in [0.4, 0.5) is 4.39 Å². The molecule has 0 aliphatic rings. The predicted octanol–water partition coefficient (Wildman–Crippen LogP) is 6.92. The van der Waals surface area contributed by atoms with Crippen LogP contribution in [0.2, 0.25) is 5.02 Å². The maximum Gasteiger partial charge on any atom is 0.196 e. The summed E-state index contributed by atoms with van der Waals surface area (Å²) in [5, 5.41) is 11.0. The van der Waals surface area contributed by atoms with E-state index in [1.54, 1.807) is 11.3 Å². The number of thioether (sulfide) groups is 1. The van der Waals surface area contributed by atoms with E-state index in [1.165, 1.54) is 36.0 Å². The number of para-hydroxylation sites is 1. The summed E-state index contributed by atoms with van der Waals surface area (Å²) >= 11 is 9.56. The molecule has 0 unspecified atom stereocenters. The third kappa shape index (κ3) is 3.95. The van der Waals surface area contributed by atoms with Crippen LogP contribution in [0.15, 0.2) is 84.0 Å². The van der Waals surface area contributed by atoms with Crippen LogP contribution in [-0.4, -0.2) is 26.3 Å². The first-order valence-corrected chi connectivity index (χ1v) is 11.9. The van der Waals surface area contributed by atoms with Gasteiger partial charge in [0.15, 0.2) is 16.8 Å². The number of aromatic nitrogens is 3. The molecule has 32 heavy (non-hydrogen) atoms. The molecule has 3 aromatic carbocycles. The molecular formula is C24H15ClFN3OS2. The maximum atomic E-state index is 13.2. The topological polar surface area (TPSA) is 47.8 Å². The average Bonchev–Trinajstić information content (AvgIpc) is 3.39. The summed E-state index contributed by atoms with van der Waals surface area (Å²) in [6.07, 6.45) is 0. The Kier molecular flexibility index (Phi) is 5.78. The highest BCUT2D eigenvalue weighted by Gasteiger charge is 2.22. The average molecular weight is 480 g/mol. The fourth-order valence-corrected chi connectivity index (χ4v) is 5.66. The monoisotopic (exact) mass is 479 g/mol. The number of ketones is 1. The molecule has 8 heteroatoms. The number of carbonyl (C=O) groups excluding carboxylic acids is 1. The number of hydrogen-bond donors (Lipinski definition) is 0. The van der Waals surface area contributed by atoms with E-state index in [2.05, 4.69) is 10.2 Å². The van der Waals surface area contributed by atoms with Gasteiger partial charge in [-0.15, -0.1) is 21.5 Å². The fraction of sp³-hybridized carbons (Fsp3) is 0.0417. The summed E-state index contributed by atoms with van der Waals surface area (Å²) in [4.78, 5) is 13.4. The van der Waals surface area contributed by atoms with Gasteiger partial charge in [0.2, 0.25) is 0 Å². The number of rotatable bonds is 6. The van der Waals surface area contributed by atoms with Gasteiger partial charge in [-0.2, -0.15) is 0 Å². The number of nitrogens with zero attached hydrogens (tertiary/aromatic N) is 3. The van der Waals surface area contributed by atoms with Crippen molar-refractivity contribution >= 4 is 50.6 Å². The summed E-state index contributed by atoms with van der Waals surface area (Å²) in [6, 6.07) is 23.2. The van der Waals surface area contributed by atoms with Crippen LogP contribution in [0.5, 0.6) is 0 Å². The van der Waals surface area contributed by atoms with E-state index in [9.17, 15) is 9.18 Å². The number of hydrogen-bond acceptors (Lipinski definition) is 5. The van der Waals surface area contributed by atoms with Crippen molar-refractivity contribution in [3.05, 3.63) is 95.3 Å². The fourth-order valence-electron chi connectivity index (χ4n) is 3.33. The van der Waals surface area contributed by atoms with Gasteiger partial charge in [0.05, 0.1) is 15.7 Å². The van der Waals surface area contributed by atoms with Crippen molar-refractivity contribution in [3.8, 4) is 16.4 Å². The second-order valence-electron chi connectivity index (χ2n) is 6.94. The minimum absolute atomic E-state index is 0.112. The standard InChI is InChI=1S/C24H15ClFN3OS2/c25-21-18-8-4-5-9-20(18)32-22(21)23-27-28-24(29(23)17-6-2-1-3-7-17)31-14-19(30)15-10-12-16(26)13-11-15/h1-13H,14H2. The van der Waals surface area contributed by atoms with Gasteiger partial charge in [-0.25, -0.2) is 4.39 Å². The molecule has 0 radical (unpaired) electrons. The molecule has 0 saturated carbocycles. The summed E-state index contributed by atoms with van der Waals surface area (Å²) in [5.41, 5.74) is 1.33. The van der Waals surface area contributed by atoms with Crippen LogP contribution in [0.3, 0.4) is 0 Å². The lowest BCUT2D eigenvalue weighted by Crippen LogP contribution is -2.05. The number of benzene rings is 3. The molecule has 0 spiro atoms. The van der Waals surface area contributed by atoms with Crippen LogP contribution >= 0.6 is 34.7 Å². The SMILES string of the molecule is O=C(CSc1nnc(-c2sc3ccccc3c2Cl)n1-c1ccccc1)c1ccc(F)cc1. The molecule has 2 heterocycles. The van der Waals surface area contributed by atoms with Crippen LogP contribution in [0, 0.1) is 5.82 Å². The van der Waals surface area contributed by atoms with Crippen molar-refractivity contribution in [2.24, 2.45) is 0 Å². The molecule has 4 nitrogen and oxygen atoms in total. The quantitative estimate of drug-likeness (QED) is 0.196. The van der Waals surface area contributed by atoms with Crippen molar-refractivity contribution in [2.75, 3.05) is 5.75 Å². The molecule has 158 valence electrons. The Labute approximate surface area is 196 Å². The van der Waals surface area contributed by atoms with E-state index in [4.69, 9.17) is 11.6 Å². The predicted molar refractivity (Wildman–Crippen MR) is 129 cm³/mol. The van der Waals surface area contributed by atoms with Crippen molar-refractivity contribution in [3.63, 3.8) is 0 Å². The Morgan fingerprint density at radius 2 is 1.69 bits per heavy atom. The summed E-state index contributed by atoms with van der Waals surface area (Å²) < 4.78 is 16.1. The molecule has 0 N–H and O–H groups in total. The highest BCUT2D eigenvalue weighted by Crippen LogP contribution is 2.42. The number of carbonyl (C=O) groups is 1. The lowest BCUT2D eigenvalue weighted by atomic mass is 10.1. The molecule has 5 rings (SSSR count). The van der Waals surface area contributed by atoms with Gasteiger partial charge in [0.1, 0.15) is 5.82 Å². The van der Waals surface area contributed by atoms with E-state index in [1.807, 2.05) is 59.2 Å². The van der Waals surface area contributed by atoms with Crippen LogP contribution in [-0.2, 0) is 0 Å². The zero-order chi connectivity index (χ0) is 22.1. The first-order chi connectivity index (χ1) is 15.6. The number of fused-ring (bicyclic) bond motifs is 1. The van der Waals surface area contributed by atoms with E-state index in [0.29, 0.717) is 21.6 Å². The molecule has 0 bridgehead atoms. The van der Waals surface area contributed by atoms with Gasteiger partial charge < -0.3 is 0 Å². The molecule has 0 atom stereocenters. The van der Waals surface area contributed by atoms with Crippen LogP contribution < -0.4 is 0 Å². The van der Waals surface area contributed by atoms with Gasteiger partial charge in [0.25, 0.3) is 0 Å². The van der Waals surface area contributed by atoms with Crippen molar-refractivity contribution in [2.45, 2.75) is 5.16 Å². The van der Waals surface area contributed by atoms with Crippen LogP contribution in [0.1, 0.15) is 10.4 Å². The Balaban J connectivity index is 1.54. The Morgan fingerprint density at radius 1 is 0.969 bits per heavy atom. The highest BCUT2D eigenvalue weighted by atomic mass is 35.5.